The molecule has 2 heterocycles. The molecule has 24 heavy (non-hydrogen) atoms. The van der Waals surface area contributed by atoms with E-state index in [1.807, 2.05) is 6.07 Å². The highest BCUT2D eigenvalue weighted by atomic mass is 19.1. The maximum atomic E-state index is 14.0. The smallest absolute Gasteiger partial charge is 0.135 e. The molecule has 1 aromatic heterocycles. The van der Waals surface area contributed by atoms with Crippen molar-refractivity contribution in [1.82, 2.24) is 15.5 Å². The van der Waals surface area contributed by atoms with Crippen LogP contribution in [0.15, 0.2) is 24.3 Å². The number of piperidine rings is 1. The molecule has 5 heteroatoms. The summed E-state index contributed by atoms with van der Waals surface area (Å²) in [5.41, 5.74) is 2.36. The second kappa shape index (κ2) is 6.55. The zero-order chi connectivity index (χ0) is 16.5. The number of halogens is 2. The molecule has 2 unspecified atom stereocenters. The van der Waals surface area contributed by atoms with Crippen LogP contribution in [-0.4, -0.2) is 23.3 Å². The zero-order valence-corrected chi connectivity index (χ0v) is 13.6. The number of fused-ring (bicyclic) bond motifs is 1. The Morgan fingerprint density at radius 3 is 2.62 bits per heavy atom. The van der Waals surface area contributed by atoms with Crippen LogP contribution in [0.4, 0.5) is 8.78 Å². The first-order valence-electron chi connectivity index (χ1n) is 8.75. The Balaban J connectivity index is 1.70. The van der Waals surface area contributed by atoms with Crippen LogP contribution in [0.5, 0.6) is 0 Å². The van der Waals surface area contributed by atoms with Gasteiger partial charge in [0.25, 0.3) is 0 Å². The molecular weight excluding hydrogens is 308 g/mol. The molecule has 1 fully saturated rings. The third-order valence-electron chi connectivity index (χ3n) is 5.34. The van der Waals surface area contributed by atoms with Crippen molar-refractivity contribution in [2.75, 3.05) is 13.1 Å². The molecule has 0 radical (unpaired) electrons. The lowest BCUT2D eigenvalue weighted by Crippen LogP contribution is -2.35. The van der Waals surface area contributed by atoms with Crippen molar-refractivity contribution in [3.05, 3.63) is 47.2 Å². The van der Waals surface area contributed by atoms with E-state index in [1.165, 1.54) is 31.0 Å². The maximum absolute atomic E-state index is 14.0. The number of hydrogen-bond acceptors (Lipinski definition) is 3. The number of aryl methyl sites for hydroxylation is 1. The second-order valence-corrected chi connectivity index (χ2v) is 6.84. The Bertz CT molecular complexity index is 721. The molecule has 0 bridgehead atoms. The first-order chi connectivity index (χ1) is 11.7. The molecular formula is C19H21F2N3. The summed E-state index contributed by atoms with van der Waals surface area (Å²) in [5.74, 6) is -0.183. The predicted octanol–water partition coefficient (Wildman–Crippen LogP) is 3.84. The summed E-state index contributed by atoms with van der Waals surface area (Å²) in [4.78, 5) is 0. The van der Waals surface area contributed by atoms with Crippen molar-refractivity contribution in [2.24, 2.45) is 5.92 Å². The van der Waals surface area contributed by atoms with E-state index in [4.69, 9.17) is 0 Å². The van der Waals surface area contributed by atoms with Crippen LogP contribution in [0, 0.1) is 17.6 Å². The quantitative estimate of drug-likeness (QED) is 0.910. The maximum Gasteiger partial charge on any atom is 0.135 e. The van der Waals surface area contributed by atoms with Gasteiger partial charge in [-0.05, 0) is 74.9 Å². The van der Waals surface area contributed by atoms with Gasteiger partial charge in [0.05, 0.1) is 17.0 Å². The van der Waals surface area contributed by atoms with E-state index >= 15 is 0 Å². The van der Waals surface area contributed by atoms with Gasteiger partial charge < -0.3 is 5.32 Å². The number of benzene rings is 1. The van der Waals surface area contributed by atoms with E-state index in [2.05, 4.69) is 15.5 Å². The van der Waals surface area contributed by atoms with Gasteiger partial charge in [-0.25, -0.2) is 8.78 Å². The molecule has 0 amide bonds. The van der Waals surface area contributed by atoms with Crippen molar-refractivity contribution in [3.8, 4) is 11.3 Å². The molecule has 1 aliphatic carbocycles. The largest absolute Gasteiger partial charge is 0.316 e. The Morgan fingerprint density at radius 1 is 1.04 bits per heavy atom. The average Bonchev–Trinajstić information content (AvgIpc) is 2.61. The van der Waals surface area contributed by atoms with Crippen LogP contribution in [0.1, 0.15) is 42.9 Å². The Kier molecular flexibility index (Phi) is 4.27. The van der Waals surface area contributed by atoms with Gasteiger partial charge in [0, 0.05) is 5.92 Å². The van der Waals surface area contributed by atoms with Gasteiger partial charge in [-0.3, -0.25) is 0 Å². The van der Waals surface area contributed by atoms with Crippen LogP contribution in [-0.2, 0) is 6.42 Å². The Labute approximate surface area is 140 Å². The van der Waals surface area contributed by atoms with Crippen molar-refractivity contribution < 1.29 is 8.78 Å². The second-order valence-electron chi connectivity index (χ2n) is 6.84. The van der Waals surface area contributed by atoms with E-state index < -0.39 is 11.6 Å². The van der Waals surface area contributed by atoms with Gasteiger partial charge in [-0.2, -0.15) is 10.2 Å². The van der Waals surface area contributed by atoms with E-state index in [9.17, 15) is 8.78 Å². The van der Waals surface area contributed by atoms with Crippen molar-refractivity contribution in [2.45, 2.75) is 38.0 Å². The summed E-state index contributed by atoms with van der Waals surface area (Å²) in [7, 11) is 0. The number of hydrogen-bond donors (Lipinski definition) is 1. The lowest BCUT2D eigenvalue weighted by atomic mass is 9.76. The molecule has 0 saturated carbocycles. The van der Waals surface area contributed by atoms with Gasteiger partial charge in [0.1, 0.15) is 11.6 Å². The zero-order valence-electron chi connectivity index (χ0n) is 13.6. The topological polar surface area (TPSA) is 37.8 Å². The minimum Gasteiger partial charge on any atom is -0.316 e. The van der Waals surface area contributed by atoms with Crippen molar-refractivity contribution in [1.29, 1.82) is 0 Å². The lowest BCUT2D eigenvalue weighted by Gasteiger charge is -2.33. The molecule has 4 rings (SSSR count). The minimum atomic E-state index is -0.590. The van der Waals surface area contributed by atoms with Crippen LogP contribution in [0.3, 0.4) is 0 Å². The third-order valence-corrected chi connectivity index (χ3v) is 5.34. The summed E-state index contributed by atoms with van der Waals surface area (Å²) >= 11 is 0. The minimum absolute atomic E-state index is 0.0748. The molecule has 1 aromatic carbocycles. The van der Waals surface area contributed by atoms with Crippen LogP contribution < -0.4 is 5.32 Å². The summed E-state index contributed by atoms with van der Waals surface area (Å²) < 4.78 is 28.0. The van der Waals surface area contributed by atoms with E-state index in [0.717, 1.165) is 43.6 Å². The number of rotatable bonds is 2. The molecule has 1 N–H and O–H groups in total. The van der Waals surface area contributed by atoms with Gasteiger partial charge in [-0.1, -0.05) is 6.07 Å². The molecule has 2 atom stereocenters. The number of nitrogens with zero attached hydrogens (tertiary/aromatic N) is 2. The molecule has 2 aliphatic rings. The van der Waals surface area contributed by atoms with Crippen molar-refractivity contribution in [3.63, 3.8) is 0 Å². The Hall–Kier alpha value is -1.88. The molecule has 126 valence electrons. The highest BCUT2D eigenvalue weighted by Gasteiger charge is 2.31. The normalized spacial score (nSPS) is 23.8. The monoisotopic (exact) mass is 329 g/mol. The van der Waals surface area contributed by atoms with Gasteiger partial charge in [-0.15, -0.1) is 0 Å². The van der Waals surface area contributed by atoms with E-state index in [0.29, 0.717) is 17.5 Å². The fourth-order valence-electron chi connectivity index (χ4n) is 4.15. The van der Waals surface area contributed by atoms with Crippen LogP contribution in [0.2, 0.25) is 0 Å². The van der Waals surface area contributed by atoms with Crippen molar-refractivity contribution >= 4 is 0 Å². The highest BCUT2D eigenvalue weighted by molar-refractivity contribution is 5.61. The molecule has 3 nitrogen and oxygen atoms in total. The first kappa shape index (κ1) is 15.6. The molecule has 2 aromatic rings. The molecule has 0 spiro atoms. The Morgan fingerprint density at radius 2 is 1.88 bits per heavy atom. The van der Waals surface area contributed by atoms with Gasteiger partial charge in [0.2, 0.25) is 0 Å². The average molecular weight is 329 g/mol. The highest BCUT2D eigenvalue weighted by Crippen LogP contribution is 2.39. The summed E-state index contributed by atoms with van der Waals surface area (Å²) in [6, 6.07) is 5.73. The van der Waals surface area contributed by atoms with E-state index in [-0.39, 0.29) is 5.56 Å². The lowest BCUT2D eigenvalue weighted by molar-refractivity contribution is 0.294. The summed E-state index contributed by atoms with van der Waals surface area (Å²) in [6.07, 6.45) is 5.54. The fraction of sp³-hybridized carbons (Fsp3) is 0.474. The van der Waals surface area contributed by atoms with Gasteiger partial charge >= 0.3 is 0 Å². The first-order valence-corrected chi connectivity index (χ1v) is 8.75. The molecule has 1 aliphatic heterocycles. The van der Waals surface area contributed by atoms with Crippen LogP contribution in [0.25, 0.3) is 11.3 Å². The predicted molar refractivity (Wildman–Crippen MR) is 88.7 cm³/mol. The fourth-order valence-corrected chi connectivity index (χ4v) is 4.15. The SMILES string of the molecule is Fc1cccc(F)c1-c1cc2c(nn1)C(C1CCCNC1)CCC2. The molecule has 1 saturated heterocycles. The standard InChI is InChI=1S/C19H21F2N3/c20-15-7-2-8-16(21)18(15)17-10-12-4-1-6-14(19(12)24-23-17)13-5-3-9-22-11-13/h2,7-8,10,13-14,22H,1,3-6,9,11H2. The summed E-state index contributed by atoms with van der Waals surface area (Å²) in [6.45, 7) is 2.11. The van der Waals surface area contributed by atoms with E-state index in [1.54, 1.807) is 0 Å². The van der Waals surface area contributed by atoms with Gasteiger partial charge in [0.15, 0.2) is 0 Å². The van der Waals surface area contributed by atoms with Crippen LogP contribution >= 0.6 is 0 Å². The third kappa shape index (κ3) is 2.81. The number of nitrogens with one attached hydrogen (secondary N) is 1. The number of aromatic nitrogens is 2. The summed E-state index contributed by atoms with van der Waals surface area (Å²) in [5, 5.41) is 12.1.